The molecule has 0 aliphatic heterocycles. The summed E-state index contributed by atoms with van der Waals surface area (Å²) in [6.45, 7) is 6.82. The van der Waals surface area contributed by atoms with E-state index in [4.69, 9.17) is 4.98 Å². The first-order valence-electron chi connectivity index (χ1n) is 13.2. The highest BCUT2D eigenvalue weighted by Crippen LogP contribution is 2.42. The predicted molar refractivity (Wildman–Crippen MR) is 159 cm³/mol. The van der Waals surface area contributed by atoms with Crippen molar-refractivity contribution in [1.29, 1.82) is 0 Å². The maximum absolute atomic E-state index is 5.30. The maximum Gasteiger partial charge on any atom is 0.121 e. The molecule has 2 heterocycles. The molecule has 192 valence electrons. The molecule has 0 fully saturated rings. The van der Waals surface area contributed by atoms with E-state index in [1.165, 1.54) is 16.7 Å². The van der Waals surface area contributed by atoms with Gasteiger partial charge >= 0.3 is 0 Å². The van der Waals surface area contributed by atoms with E-state index in [2.05, 4.69) is 156 Å². The zero-order valence-corrected chi connectivity index (χ0v) is 23.9. The Balaban J connectivity index is 1.76. The first-order valence-corrected chi connectivity index (χ1v) is 14.0. The monoisotopic (exact) mass is 563 g/mol. The minimum absolute atomic E-state index is 0.124. The molecule has 2 aromatic heterocycles. The van der Waals surface area contributed by atoms with E-state index in [0.29, 0.717) is 0 Å². The predicted octanol–water partition coefficient (Wildman–Crippen LogP) is 8.25. The lowest BCUT2D eigenvalue weighted by Crippen LogP contribution is -2.38. The van der Waals surface area contributed by atoms with Crippen molar-refractivity contribution in [2.75, 3.05) is 0 Å². The minimum Gasteiger partial charge on any atom is -0.316 e. The summed E-state index contributed by atoms with van der Waals surface area (Å²) >= 11 is 3.51. The Labute approximate surface area is 234 Å². The van der Waals surface area contributed by atoms with E-state index in [-0.39, 0.29) is 5.41 Å². The Morgan fingerprint density at radius 1 is 0.658 bits per heavy atom. The Morgan fingerprint density at radius 3 is 1.63 bits per heavy atom. The van der Waals surface area contributed by atoms with Crippen LogP contribution in [-0.4, -0.2) is 14.5 Å². The molecule has 38 heavy (non-hydrogen) atoms. The topological polar surface area (TPSA) is 30.7 Å². The molecule has 0 saturated heterocycles. The summed E-state index contributed by atoms with van der Waals surface area (Å²) in [5.41, 5.74) is 5.35. The molecule has 5 rings (SSSR count). The number of hydrogen-bond acceptors (Lipinski definition) is 2. The number of aryl methyl sites for hydroxylation is 2. The van der Waals surface area contributed by atoms with Gasteiger partial charge in [-0.15, -0.1) is 0 Å². The van der Waals surface area contributed by atoms with Crippen LogP contribution in [0.4, 0.5) is 0 Å². The number of nitrogens with zero attached hydrogens (tertiary/aromatic N) is 3. The summed E-state index contributed by atoms with van der Waals surface area (Å²) in [4.78, 5) is 9.94. The molecule has 0 spiro atoms. The van der Waals surface area contributed by atoms with Crippen LogP contribution in [0.3, 0.4) is 0 Å². The van der Waals surface area contributed by atoms with Gasteiger partial charge in [0.1, 0.15) is 11.4 Å². The molecule has 4 heteroatoms. The van der Waals surface area contributed by atoms with Crippen molar-refractivity contribution in [2.45, 2.75) is 45.6 Å². The molecule has 0 atom stereocenters. The second kappa shape index (κ2) is 11.1. The summed E-state index contributed by atoms with van der Waals surface area (Å²) in [6.07, 6.45) is 6.66. The van der Waals surface area contributed by atoms with E-state index < -0.39 is 5.54 Å². The lowest BCUT2D eigenvalue weighted by molar-refractivity contribution is 0.406. The Hall–Kier alpha value is -3.50. The minimum atomic E-state index is -0.574. The molecule has 0 bridgehead atoms. The smallest absolute Gasteiger partial charge is 0.121 e. The van der Waals surface area contributed by atoms with Crippen LogP contribution in [0.1, 0.15) is 54.7 Å². The molecular weight excluding hydrogens is 530 g/mol. The molecule has 3 aromatic carbocycles. The van der Waals surface area contributed by atoms with Gasteiger partial charge in [-0.1, -0.05) is 112 Å². The number of aromatic nitrogens is 3. The second-order valence-corrected chi connectivity index (χ2v) is 11.9. The zero-order chi connectivity index (χ0) is 26.6. The van der Waals surface area contributed by atoms with Crippen LogP contribution < -0.4 is 0 Å². The van der Waals surface area contributed by atoms with Crippen molar-refractivity contribution in [3.8, 4) is 0 Å². The normalized spacial score (nSPS) is 12.0. The third kappa shape index (κ3) is 5.51. The van der Waals surface area contributed by atoms with Crippen molar-refractivity contribution in [3.63, 3.8) is 0 Å². The summed E-state index contributed by atoms with van der Waals surface area (Å²) < 4.78 is 3.43. The molecule has 0 saturated carbocycles. The molecule has 0 N–H and O–H groups in total. The maximum atomic E-state index is 5.30. The molecule has 0 unspecified atom stereocenters. The van der Waals surface area contributed by atoms with Crippen LogP contribution in [0.5, 0.6) is 0 Å². The first kappa shape index (κ1) is 26.1. The molecule has 0 radical (unpaired) electrons. The van der Waals surface area contributed by atoms with Gasteiger partial charge in [-0.3, -0.25) is 4.98 Å². The van der Waals surface area contributed by atoms with Gasteiger partial charge < -0.3 is 4.57 Å². The fourth-order valence-corrected chi connectivity index (χ4v) is 5.55. The fourth-order valence-electron chi connectivity index (χ4n) is 5.32. The number of benzene rings is 3. The average molecular weight is 565 g/mol. The molecule has 5 aromatic rings. The lowest BCUT2D eigenvalue weighted by Gasteiger charge is -2.38. The fraction of sp³-hybridized carbons (Fsp3) is 0.235. The Morgan fingerprint density at radius 2 is 1.18 bits per heavy atom. The molecule has 0 aliphatic rings. The van der Waals surface area contributed by atoms with Gasteiger partial charge in [-0.25, -0.2) is 4.98 Å². The third-order valence-electron chi connectivity index (χ3n) is 6.87. The largest absolute Gasteiger partial charge is 0.316 e. The number of imidazole rings is 1. The van der Waals surface area contributed by atoms with E-state index in [1.807, 2.05) is 6.20 Å². The number of pyridine rings is 1. The molecule has 0 amide bonds. The van der Waals surface area contributed by atoms with Crippen molar-refractivity contribution in [3.05, 3.63) is 154 Å². The highest BCUT2D eigenvalue weighted by Gasteiger charge is 2.40. The van der Waals surface area contributed by atoms with Crippen LogP contribution in [0.25, 0.3) is 0 Å². The molecular formula is C34H34BrN3. The standard InChI is InChI=1S/C34H34BrN3/c1-33(2,3)23-31-25-38(32(37-31)22-21-30-20-19-29(35)24-36-30)34(26-13-7-4-8-14-26,27-15-9-5-10-16-27)28-17-11-6-12-18-28/h4-20,24-25H,21-23H2,1-3H3. The Bertz CT molecular complexity index is 1360. The quantitative estimate of drug-likeness (QED) is 0.178. The number of hydrogen-bond donors (Lipinski definition) is 0. The summed E-state index contributed by atoms with van der Waals surface area (Å²) in [7, 11) is 0. The van der Waals surface area contributed by atoms with Crippen molar-refractivity contribution >= 4 is 15.9 Å². The summed E-state index contributed by atoms with van der Waals surface area (Å²) in [5, 5.41) is 0. The third-order valence-corrected chi connectivity index (χ3v) is 7.34. The number of rotatable bonds is 8. The zero-order valence-electron chi connectivity index (χ0n) is 22.3. The highest BCUT2D eigenvalue weighted by atomic mass is 79.9. The van der Waals surface area contributed by atoms with Crippen molar-refractivity contribution in [1.82, 2.24) is 14.5 Å². The average Bonchev–Trinajstić information content (AvgIpc) is 3.31. The van der Waals surface area contributed by atoms with Crippen LogP contribution in [0, 0.1) is 5.41 Å². The number of halogens is 1. The van der Waals surface area contributed by atoms with Crippen molar-refractivity contribution < 1.29 is 0 Å². The van der Waals surface area contributed by atoms with E-state index >= 15 is 0 Å². The van der Waals surface area contributed by atoms with Crippen LogP contribution >= 0.6 is 15.9 Å². The van der Waals surface area contributed by atoms with Crippen LogP contribution in [0.2, 0.25) is 0 Å². The van der Waals surface area contributed by atoms with Gasteiger partial charge in [0.2, 0.25) is 0 Å². The highest BCUT2D eigenvalue weighted by molar-refractivity contribution is 9.10. The SMILES string of the molecule is CC(C)(C)Cc1cn(C(c2ccccc2)(c2ccccc2)c2ccccc2)c(CCc2ccc(Br)cn2)n1. The van der Waals surface area contributed by atoms with Gasteiger partial charge in [0.25, 0.3) is 0 Å². The molecule has 0 aliphatic carbocycles. The van der Waals surface area contributed by atoms with E-state index in [9.17, 15) is 0 Å². The molecule has 3 nitrogen and oxygen atoms in total. The summed E-state index contributed by atoms with van der Waals surface area (Å²) in [6, 6.07) is 36.6. The summed E-state index contributed by atoms with van der Waals surface area (Å²) in [5.74, 6) is 1.06. The first-order chi connectivity index (χ1) is 18.4. The van der Waals surface area contributed by atoms with Gasteiger partial charge in [-0.05, 0) is 63.0 Å². The Kier molecular flexibility index (Phi) is 7.62. The van der Waals surface area contributed by atoms with Gasteiger partial charge in [0.15, 0.2) is 0 Å². The van der Waals surface area contributed by atoms with Crippen molar-refractivity contribution in [2.24, 2.45) is 5.41 Å². The van der Waals surface area contributed by atoms with Crippen LogP contribution in [-0.2, 0) is 24.8 Å². The van der Waals surface area contributed by atoms with Gasteiger partial charge in [0, 0.05) is 29.0 Å². The lowest BCUT2D eigenvalue weighted by atomic mass is 9.76. The van der Waals surface area contributed by atoms with E-state index in [0.717, 1.165) is 40.9 Å². The van der Waals surface area contributed by atoms with Gasteiger partial charge in [-0.2, -0.15) is 0 Å². The van der Waals surface area contributed by atoms with E-state index in [1.54, 1.807) is 0 Å². The second-order valence-electron chi connectivity index (χ2n) is 11.0. The van der Waals surface area contributed by atoms with Gasteiger partial charge in [0.05, 0.1) is 5.69 Å². The van der Waals surface area contributed by atoms with Crippen LogP contribution in [0.15, 0.2) is 120 Å².